The normalized spacial score (nSPS) is 10.7. The van der Waals surface area contributed by atoms with E-state index in [0.29, 0.717) is 17.9 Å². The first-order valence-electron chi connectivity index (χ1n) is 4.56. The summed E-state index contributed by atoms with van der Waals surface area (Å²) in [5.74, 6) is -0.843. The summed E-state index contributed by atoms with van der Waals surface area (Å²) in [5, 5.41) is 8.90. The molecule has 0 aliphatic heterocycles. The summed E-state index contributed by atoms with van der Waals surface area (Å²) in [4.78, 5) is 24.2. The third-order valence-corrected chi connectivity index (χ3v) is 2.20. The fourth-order valence-corrected chi connectivity index (χ4v) is 1.51. The number of nitrogens with one attached hydrogen (secondary N) is 1. The molecule has 5 heteroatoms. The van der Waals surface area contributed by atoms with E-state index in [-0.39, 0.29) is 10.7 Å². The molecule has 1 rings (SSSR count). The summed E-state index contributed by atoms with van der Waals surface area (Å²) >= 11 is 5.64. The molecule has 0 unspecified atom stereocenters. The first-order chi connectivity index (χ1) is 6.91. The lowest BCUT2D eigenvalue weighted by atomic mass is 10.0. The molecule has 0 aromatic carbocycles. The number of hydrogen-bond acceptors (Lipinski definition) is 2. The van der Waals surface area contributed by atoms with E-state index >= 15 is 0 Å². The van der Waals surface area contributed by atoms with Crippen LogP contribution >= 0.6 is 11.6 Å². The van der Waals surface area contributed by atoms with Crippen molar-refractivity contribution in [1.82, 2.24) is 4.98 Å². The summed E-state index contributed by atoms with van der Waals surface area (Å²) in [7, 11) is 0. The van der Waals surface area contributed by atoms with Gasteiger partial charge in [0.15, 0.2) is 0 Å². The molecule has 15 heavy (non-hydrogen) atoms. The highest BCUT2D eigenvalue weighted by atomic mass is 35.5. The van der Waals surface area contributed by atoms with Crippen LogP contribution in [0.4, 0.5) is 0 Å². The highest BCUT2D eigenvalue weighted by Crippen LogP contribution is 2.14. The van der Waals surface area contributed by atoms with Crippen molar-refractivity contribution >= 4 is 17.6 Å². The maximum absolute atomic E-state index is 11.1. The molecule has 0 fully saturated rings. The van der Waals surface area contributed by atoms with E-state index in [1.54, 1.807) is 0 Å². The zero-order chi connectivity index (χ0) is 11.6. The number of pyridine rings is 1. The van der Waals surface area contributed by atoms with Crippen LogP contribution in [0.1, 0.15) is 29.9 Å². The molecule has 1 aromatic heterocycles. The summed E-state index contributed by atoms with van der Waals surface area (Å²) < 4.78 is 0. The fourth-order valence-electron chi connectivity index (χ4n) is 1.34. The number of aromatic amines is 1. The first-order valence-corrected chi connectivity index (χ1v) is 4.94. The monoisotopic (exact) mass is 229 g/mol. The molecule has 0 amide bonds. The van der Waals surface area contributed by atoms with E-state index in [2.05, 4.69) is 4.98 Å². The zero-order valence-electron chi connectivity index (χ0n) is 8.50. The van der Waals surface area contributed by atoms with Crippen molar-refractivity contribution in [3.8, 4) is 0 Å². The molecule has 0 radical (unpaired) electrons. The van der Waals surface area contributed by atoms with Gasteiger partial charge in [0, 0.05) is 0 Å². The van der Waals surface area contributed by atoms with E-state index in [0.717, 1.165) is 0 Å². The van der Waals surface area contributed by atoms with E-state index < -0.39 is 11.5 Å². The Morgan fingerprint density at radius 2 is 2.20 bits per heavy atom. The van der Waals surface area contributed by atoms with Gasteiger partial charge >= 0.3 is 5.97 Å². The van der Waals surface area contributed by atoms with Crippen molar-refractivity contribution in [3.63, 3.8) is 0 Å². The molecule has 0 aliphatic carbocycles. The van der Waals surface area contributed by atoms with Gasteiger partial charge in [0.2, 0.25) is 0 Å². The lowest BCUT2D eigenvalue weighted by molar-refractivity contribution is 0.0688. The number of halogens is 1. The minimum Gasteiger partial charge on any atom is -0.477 e. The molecule has 0 spiro atoms. The molecular weight excluding hydrogens is 218 g/mol. The van der Waals surface area contributed by atoms with Gasteiger partial charge in [-0.15, -0.1) is 0 Å². The van der Waals surface area contributed by atoms with Crippen LogP contribution in [0.25, 0.3) is 0 Å². The predicted octanol–water partition coefficient (Wildman–Crippen LogP) is 1.93. The maximum Gasteiger partial charge on any atom is 0.352 e. The highest BCUT2D eigenvalue weighted by molar-refractivity contribution is 6.30. The Kier molecular flexibility index (Phi) is 3.52. The van der Waals surface area contributed by atoms with Crippen LogP contribution in [0.2, 0.25) is 5.02 Å². The second kappa shape index (κ2) is 4.49. The Balaban J connectivity index is 3.28. The summed E-state index contributed by atoms with van der Waals surface area (Å²) in [6.07, 6.45) is 0.568. The predicted molar refractivity (Wildman–Crippen MR) is 57.6 cm³/mol. The van der Waals surface area contributed by atoms with Gasteiger partial charge in [-0.2, -0.15) is 0 Å². The van der Waals surface area contributed by atoms with E-state index in [1.807, 2.05) is 13.8 Å². The topological polar surface area (TPSA) is 70.2 Å². The first kappa shape index (κ1) is 11.8. The molecule has 0 bridgehead atoms. The quantitative estimate of drug-likeness (QED) is 0.832. The molecular formula is C10H12ClNO3. The van der Waals surface area contributed by atoms with Crippen LogP contribution in [0.5, 0.6) is 0 Å². The van der Waals surface area contributed by atoms with Gasteiger partial charge in [-0.05, 0) is 24.0 Å². The van der Waals surface area contributed by atoms with Crippen molar-refractivity contribution in [2.75, 3.05) is 0 Å². The minimum atomic E-state index is -1.14. The van der Waals surface area contributed by atoms with E-state index in [1.165, 1.54) is 6.07 Å². The molecule has 1 aromatic rings. The van der Waals surface area contributed by atoms with Crippen LogP contribution in [-0.4, -0.2) is 16.1 Å². The lowest BCUT2D eigenvalue weighted by Crippen LogP contribution is -2.17. The number of aromatic carboxylic acids is 1. The third kappa shape index (κ3) is 2.83. The number of carboxylic acid groups (broad SMARTS) is 1. The van der Waals surface area contributed by atoms with Crippen molar-refractivity contribution in [3.05, 3.63) is 32.7 Å². The number of carbonyl (C=O) groups is 1. The Morgan fingerprint density at radius 3 is 2.67 bits per heavy atom. The molecule has 0 aliphatic rings. The number of hydrogen-bond donors (Lipinski definition) is 2. The molecule has 0 saturated carbocycles. The fraction of sp³-hybridized carbons (Fsp3) is 0.400. The molecule has 0 atom stereocenters. The van der Waals surface area contributed by atoms with Crippen molar-refractivity contribution in [2.45, 2.75) is 20.3 Å². The summed E-state index contributed by atoms with van der Waals surface area (Å²) in [6, 6.07) is 1.42. The third-order valence-electron chi connectivity index (χ3n) is 1.92. The minimum absolute atomic E-state index is 0.0238. The maximum atomic E-state index is 11.1. The van der Waals surface area contributed by atoms with E-state index in [4.69, 9.17) is 16.7 Å². The Morgan fingerprint density at radius 1 is 1.60 bits per heavy atom. The van der Waals surface area contributed by atoms with Crippen LogP contribution in [-0.2, 0) is 6.42 Å². The van der Waals surface area contributed by atoms with Crippen LogP contribution in [0.3, 0.4) is 0 Å². The van der Waals surface area contributed by atoms with Gasteiger partial charge in [0.1, 0.15) is 10.7 Å². The van der Waals surface area contributed by atoms with Gasteiger partial charge < -0.3 is 10.1 Å². The van der Waals surface area contributed by atoms with Crippen molar-refractivity contribution in [1.29, 1.82) is 0 Å². The van der Waals surface area contributed by atoms with Crippen LogP contribution < -0.4 is 5.56 Å². The molecule has 82 valence electrons. The second-order valence-electron chi connectivity index (χ2n) is 3.75. The number of aromatic nitrogens is 1. The number of carboxylic acids is 1. The van der Waals surface area contributed by atoms with Crippen molar-refractivity contribution < 1.29 is 9.90 Å². The van der Waals surface area contributed by atoms with Gasteiger partial charge in [0.05, 0.1) is 0 Å². The van der Waals surface area contributed by atoms with Gasteiger partial charge in [-0.25, -0.2) is 4.79 Å². The standard InChI is InChI=1S/C10H12ClNO3/c1-5(2)3-6-4-7(11)9(13)12-8(6)10(14)15/h4-5H,3H2,1-2H3,(H,12,13)(H,14,15). The highest BCUT2D eigenvalue weighted by Gasteiger charge is 2.14. The molecule has 4 nitrogen and oxygen atoms in total. The Hall–Kier alpha value is -1.29. The average Bonchev–Trinajstić information content (AvgIpc) is 2.09. The Labute approximate surface area is 91.9 Å². The second-order valence-corrected chi connectivity index (χ2v) is 4.16. The SMILES string of the molecule is CC(C)Cc1cc(Cl)c(=O)[nH]c1C(=O)O. The van der Waals surface area contributed by atoms with Gasteiger partial charge in [0.25, 0.3) is 5.56 Å². The van der Waals surface area contributed by atoms with Crippen LogP contribution in [0, 0.1) is 5.92 Å². The lowest BCUT2D eigenvalue weighted by Gasteiger charge is -2.08. The summed E-state index contributed by atoms with van der Waals surface area (Å²) in [6.45, 7) is 3.93. The van der Waals surface area contributed by atoms with Gasteiger partial charge in [-0.1, -0.05) is 25.4 Å². The zero-order valence-corrected chi connectivity index (χ0v) is 9.26. The largest absolute Gasteiger partial charge is 0.477 e. The summed E-state index contributed by atoms with van der Waals surface area (Å²) in [5.41, 5.74) is -0.0817. The smallest absolute Gasteiger partial charge is 0.352 e. The Bertz CT molecular complexity index is 437. The molecule has 2 N–H and O–H groups in total. The van der Waals surface area contributed by atoms with Crippen LogP contribution in [0.15, 0.2) is 10.9 Å². The number of rotatable bonds is 3. The van der Waals surface area contributed by atoms with Gasteiger partial charge in [-0.3, -0.25) is 4.79 Å². The van der Waals surface area contributed by atoms with Crippen molar-refractivity contribution in [2.24, 2.45) is 5.92 Å². The van der Waals surface area contributed by atoms with E-state index in [9.17, 15) is 9.59 Å². The molecule has 0 saturated heterocycles. The average molecular weight is 230 g/mol. The molecule has 1 heterocycles. The number of H-pyrrole nitrogens is 1.